The van der Waals surface area contributed by atoms with Crippen molar-refractivity contribution in [1.29, 1.82) is 0 Å². The molecule has 2 rings (SSSR count). The minimum absolute atomic E-state index is 0.0269. The van der Waals surface area contributed by atoms with Crippen LogP contribution in [0.1, 0.15) is 37.7 Å². The summed E-state index contributed by atoms with van der Waals surface area (Å²) in [7, 11) is 1.31. The normalized spacial score (nSPS) is 16.0. The maximum atomic E-state index is 12.3. The van der Waals surface area contributed by atoms with Gasteiger partial charge in [-0.1, -0.05) is 31.4 Å². The van der Waals surface area contributed by atoms with Crippen LogP contribution in [0.3, 0.4) is 0 Å². The molecule has 0 bridgehead atoms. The second kappa shape index (κ2) is 7.49. The topological polar surface area (TPSA) is 55.4 Å². The van der Waals surface area contributed by atoms with Crippen LogP contribution in [0, 0.1) is 18.1 Å². The van der Waals surface area contributed by atoms with E-state index in [0.29, 0.717) is 11.3 Å². The number of rotatable bonds is 4. The standard InChI is InChI=1S/C17H19NO3/c1-21-16(19)12-15(13-8-4-2-5-9-13)18-17(20)14-10-6-3-7-11-14/h4,8-9,12,14H,3,6-7,10-11H2,1H3,(H,18,20)/b15-12-. The van der Waals surface area contributed by atoms with Crippen LogP contribution in [0.2, 0.25) is 0 Å². The zero-order valence-corrected chi connectivity index (χ0v) is 12.1. The van der Waals surface area contributed by atoms with Gasteiger partial charge in [0, 0.05) is 17.6 Å². The second-order valence-electron chi connectivity index (χ2n) is 5.13. The van der Waals surface area contributed by atoms with Gasteiger partial charge in [0.1, 0.15) is 0 Å². The molecule has 0 aromatic heterocycles. The third-order valence-corrected chi connectivity index (χ3v) is 3.67. The number of ether oxygens (including phenoxy) is 1. The molecule has 21 heavy (non-hydrogen) atoms. The Bertz CT molecular complexity index is 516. The summed E-state index contributed by atoms with van der Waals surface area (Å²) in [6.45, 7) is 0. The molecule has 0 unspecified atom stereocenters. The van der Waals surface area contributed by atoms with Gasteiger partial charge in [-0.3, -0.25) is 4.79 Å². The van der Waals surface area contributed by atoms with Gasteiger partial charge in [-0.15, -0.1) is 0 Å². The average molecular weight is 285 g/mol. The Kier molecular flexibility index (Phi) is 5.39. The number of hydrogen-bond acceptors (Lipinski definition) is 3. The summed E-state index contributed by atoms with van der Waals surface area (Å²) in [4.78, 5) is 23.8. The molecule has 0 heterocycles. The summed E-state index contributed by atoms with van der Waals surface area (Å²) in [5.74, 6) is -0.501. The molecule has 1 amide bonds. The molecule has 1 aliphatic rings. The first-order valence-electron chi connectivity index (χ1n) is 7.19. The van der Waals surface area contributed by atoms with Gasteiger partial charge >= 0.3 is 5.97 Å². The predicted molar refractivity (Wildman–Crippen MR) is 78.8 cm³/mol. The molecule has 110 valence electrons. The molecule has 1 aromatic carbocycles. The number of amides is 1. The Morgan fingerprint density at radius 2 is 2.05 bits per heavy atom. The van der Waals surface area contributed by atoms with Crippen molar-refractivity contribution in [3.8, 4) is 0 Å². The van der Waals surface area contributed by atoms with Crippen LogP contribution in [0.4, 0.5) is 0 Å². The van der Waals surface area contributed by atoms with Crippen molar-refractivity contribution in [1.82, 2.24) is 5.32 Å². The first-order chi connectivity index (χ1) is 10.2. The largest absolute Gasteiger partial charge is 0.466 e. The van der Waals surface area contributed by atoms with Gasteiger partial charge in [0.05, 0.1) is 12.8 Å². The van der Waals surface area contributed by atoms with Crippen molar-refractivity contribution >= 4 is 17.6 Å². The van der Waals surface area contributed by atoms with Crippen molar-refractivity contribution in [2.75, 3.05) is 7.11 Å². The quantitative estimate of drug-likeness (QED) is 0.683. The van der Waals surface area contributed by atoms with Crippen LogP contribution in [0.15, 0.2) is 24.3 Å². The maximum absolute atomic E-state index is 12.3. The Morgan fingerprint density at radius 3 is 2.67 bits per heavy atom. The van der Waals surface area contributed by atoms with Crippen LogP contribution in [0.5, 0.6) is 0 Å². The zero-order valence-electron chi connectivity index (χ0n) is 12.1. The number of nitrogens with one attached hydrogen (secondary N) is 1. The van der Waals surface area contributed by atoms with Crippen LogP contribution >= 0.6 is 0 Å². The highest BCUT2D eigenvalue weighted by molar-refractivity contribution is 5.96. The van der Waals surface area contributed by atoms with E-state index in [4.69, 9.17) is 0 Å². The van der Waals surface area contributed by atoms with E-state index in [2.05, 4.69) is 22.2 Å². The fraction of sp³-hybridized carbons (Fsp3) is 0.412. The zero-order chi connectivity index (χ0) is 15.1. The summed E-state index contributed by atoms with van der Waals surface area (Å²) in [5.41, 5.74) is 1.16. The molecular weight excluding hydrogens is 266 g/mol. The van der Waals surface area contributed by atoms with Crippen LogP contribution in [0.25, 0.3) is 5.70 Å². The minimum atomic E-state index is -0.498. The Balaban J connectivity index is 2.14. The smallest absolute Gasteiger partial charge is 0.332 e. The molecule has 1 aromatic rings. The summed E-state index contributed by atoms with van der Waals surface area (Å²) < 4.78 is 4.64. The molecule has 4 heteroatoms. The van der Waals surface area contributed by atoms with Gasteiger partial charge in [-0.25, -0.2) is 4.79 Å². The summed E-state index contributed by atoms with van der Waals surface area (Å²) in [6, 6.07) is 10.7. The second-order valence-corrected chi connectivity index (χ2v) is 5.13. The molecule has 0 aliphatic heterocycles. The van der Waals surface area contributed by atoms with E-state index in [1.54, 1.807) is 18.2 Å². The molecular formula is C17H19NO3. The lowest BCUT2D eigenvalue weighted by molar-refractivity contribution is -0.134. The van der Waals surface area contributed by atoms with E-state index >= 15 is 0 Å². The van der Waals surface area contributed by atoms with Crippen molar-refractivity contribution in [2.45, 2.75) is 32.1 Å². The summed E-state index contributed by atoms with van der Waals surface area (Å²) in [6.07, 6.45) is 6.48. The van der Waals surface area contributed by atoms with Gasteiger partial charge < -0.3 is 10.1 Å². The van der Waals surface area contributed by atoms with Crippen molar-refractivity contribution in [3.05, 3.63) is 42.0 Å². The maximum Gasteiger partial charge on any atom is 0.332 e. The number of hydrogen-bond donors (Lipinski definition) is 1. The van der Waals surface area contributed by atoms with Crippen LogP contribution in [-0.4, -0.2) is 19.0 Å². The summed E-state index contributed by atoms with van der Waals surface area (Å²) in [5, 5.41) is 2.86. The third kappa shape index (κ3) is 4.35. The molecule has 1 fully saturated rings. The van der Waals surface area contributed by atoms with Crippen LogP contribution < -0.4 is 5.32 Å². The molecule has 1 aliphatic carbocycles. The van der Waals surface area contributed by atoms with Crippen molar-refractivity contribution in [3.63, 3.8) is 0 Å². The SMILES string of the molecule is COC(=O)/C=C(\NC(=O)C1CCCCC1)c1cc#ccc1. The van der Waals surface area contributed by atoms with E-state index in [-0.39, 0.29) is 11.8 Å². The molecule has 0 radical (unpaired) electrons. The fourth-order valence-corrected chi connectivity index (χ4v) is 2.48. The molecule has 1 N–H and O–H groups in total. The molecule has 1 saturated carbocycles. The number of carbonyl (C=O) groups excluding carboxylic acids is 2. The van der Waals surface area contributed by atoms with E-state index in [9.17, 15) is 9.59 Å². The van der Waals surface area contributed by atoms with Crippen molar-refractivity contribution in [2.24, 2.45) is 5.92 Å². The number of esters is 1. The van der Waals surface area contributed by atoms with E-state index < -0.39 is 5.97 Å². The minimum Gasteiger partial charge on any atom is -0.466 e. The Morgan fingerprint density at radius 1 is 1.29 bits per heavy atom. The predicted octanol–water partition coefficient (Wildman–Crippen LogP) is 2.50. The molecule has 0 saturated heterocycles. The fourth-order valence-electron chi connectivity index (χ4n) is 2.48. The van der Waals surface area contributed by atoms with E-state index in [1.165, 1.54) is 19.6 Å². The van der Waals surface area contributed by atoms with E-state index in [0.717, 1.165) is 25.7 Å². The molecule has 4 nitrogen and oxygen atoms in total. The lowest BCUT2D eigenvalue weighted by Gasteiger charge is -2.21. The van der Waals surface area contributed by atoms with Crippen molar-refractivity contribution < 1.29 is 14.3 Å². The van der Waals surface area contributed by atoms with Gasteiger partial charge in [-0.2, -0.15) is 0 Å². The van der Waals surface area contributed by atoms with Gasteiger partial charge in [-0.05, 0) is 31.0 Å². The third-order valence-electron chi connectivity index (χ3n) is 3.67. The van der Waals surface area contributed by atoms with Gasteiger partial charge in [0.2, 0.25) is 5.91 Å². The number of methoxy groups -OCH3 is 1. The lowest BCUT2D eigenvalue weighted by Crippen LogP contribution is -2.31. The van der Waals surface area contributed by atoms with Crippen LogP contribution in [-0.2, 0) is 14.3 Å². The van der Waals surface area contributed by atoms with E-state index in [1.807, 2.05) is 0 Å². The Labute approximate surface area is 125 Å². The Hall–Kier alpha value is -2.28. The summed E-state index contributed by atoms with van der Waals surface area (Å²) >= 11 is 0. The monoisotopic (exact) mass is 285 g/mol. The number of carbonyl (C=O) groups is 2. The first-order valence-corrected chi connectivity index (χ1v) is 7.19. The highest BCUT2D eigenvalue weighted by Gasteiger charge is 2.22. The lowest BCUT2D eigenvalue weighted by atomic mass is 9.88. The van der Waals surface area contributed by atoms with Gasteiger partial charge in [0.15, 0.2) is 0 Å². The highest BCUT2D eigenvalue weighted by atomic mass is 16.5. The first kappa shape index (κ1) is 15.1. The highest BCUT2D eigenvalue weighted by Crippen LogP contribution is 2.24. The molecule has 0 atom stereocenters. The van der Waals surface area contributed by atoms with Gasteiger partial charge in [0.25, 0.3) is 0 Å². The average Bonchev–Trinajstić information content (AvgIpc) is 2.55. The molecule has 0 spiro atoms.